The zero-order valence-corrected chi connectivity index (χ0v) is 19.5. The summed E-state index contributed by atoms with van der Waals surface area (Å²) < 4.78 is 11.3. The van der Waals surface area contributed by atoms with Crippen LogP contribution in [0.3, 0.4) is 0 Å². The maximum Gasteiger partial charge on any atom is 0.191 e. The van der Waals surface area contributed by atoms with Gasteiger partial charge in [0.1, 0.15) is 0 Å². The Hall–Kier alpha value is -1.06. The molecule has 0 bridgehead atoms. The zero-order valence-electron chi connectivity index (χ0n) is 17.2. The van der Waals surface area contributed by atoms with Crippen LogP contribution in [0.4, 0.5) is 5.69 Å². The molecule has 2 heterocycles. The number of anilines is 1. The predicted octanol–water partition coefficient (Wildman–Crippen LogP) is 2.94. The van der Waals surface area contributed by atoms with Crippen LogP contribution in [0.5, 0.6) is 0 Å². The second-order valence-corrected chi connectivity index (χ2v) is 7.47. The molecule has 0 aliphatic carbocycles. The Morgan fingerprint density at radius 1 is 1.29 bits per heavy atom. The van der Waals surface area contributed by atoms with E-state index in [2.05, 4.69) is 51.7 Å². The summed E-state index contributed by atoms with van der Waals surface area (Å²) in [4.78, 5) is 6.79. The smallest absolute Gasteiger partial charge is 0.191 e. The number of hydrogen-bond acceptors (Lipinski definition) is 4. The number of hydrogen-bond donors (Lipinski definition) is 2. The number of nitrogens with zero attached hydrogens (tertiary/aromatic N) is 2. The minimum atomic E-state index is 0. The van der Waals surface area contributed by atoms with Crippen LogP contribution in [0.15, 0.2) is 29.3 Å². The Labute approximate surface area is 186 Å². The van der Waals surface area contributed by atoms with Crippen molar-refractivity contribution in [3.05, 3.63) is 29.8 Å². The van der Waals surface area contributed by atoms with Gasteiger partial charge in [-0.2, -0.15) is 0 Å². The first-order valence-electron chi connectivity index (χ1n) is 10.2. The molecule has 3 rings (SSSR count). The van der Waals surface area contributed by atoms with Gasteiger partial charge in [-0.15, -0.1) is 24.0 Å². The van der Waals surface area contributed by atoms with Crippen molar-refractivity contribution in [1.82, 2.24) is 10.6 Å². The van der Waals surface area contributed by atoms with Crippen molar-refractivity contribution in [2.24, 2.45) is 4.99 Å². The number of rotatable bonds is 8. The first-order valence-corrected chi connectivity index (χ1v) is 10.2. The second kappa shape index (κ2) is 12.5. The number of nitrogens with one attached hydrogen (secondary N) is 2. The maximum atomic E-state index is 5.71. The molecule has 0 radical (unpaired) electrons. The SMILES string of the molecule is CN=C(NCCCOCC1CCCO1)NC1CCN(c2ccc(C)cc2)C1.I. The standard InChI is InChI=1S/C21H34N4O2.HI/c1-17-6-8-19(9-7-17)25-12-10-18(15-25)24-21(22-2)23-11-4-13-26-16-20-5-3-14-27-20;/h6-9,18,20H,3-5,10-16H2,1-2H3,(H2,22,23,24);1H. The molecule has 2 aliphatic heterocycles. The van der Waals surface area contributed by atoms with Crippen molar-refractivity contribution in [1.29, 1.82) is 0 Å². The highest BCUT2D eigenvalue weighted by atomic mass is 127. The largest absolute Gasteiger partial charge is 0.379 e. The van der Waals surface area contributed by atoms with Crippen LogP contribution < -0.4 is 15.5 Å². The van der Waals surface area contributed by atoms with Gasteiger partial charge in [0.05, 0.1) is 12.7 Å². The third kappa shape index (κ3) is 7.40. The normalized spacial score (nSPS) is 22.2. The molecule has 2 atom stereocenters. The van der Waals surface area contributed by atoms with Crippen molar-refractivity contribution in [2.45, 2.75) is 44.8 Å². The lowest BCUT2D eigenvalue weighted by Crippen LogP contribution is -2.45. The summed E-state index contributed by atoms with van der Waals surface area (Å²) in [6.07, 6.45) is 4.70. The van der Waals surface area contributed by atoms with E-state index in [4.69, 9.17) is 9.47 Å². The molecule has 0 aromatic heterocycles. The molecule has 1 aromatic carbocycles. The number of benzene rings is 1. The Morgan fingerprint density at radius 3 is 2.82 bits per heavy atom. The molecule has 7 heteroatoms. The Balaban J connectivity index is 0.00000280. The van der Waals surface area contributed by atoms with Gasteiger partial charge in [0, 0.05) is 51.6 Å². The molecule has 2 N–H and O–H groups in total. The van der Waals surface area contributed by atoms with Gasteiger partial charge >= 0.3 is 0 Å². The van der Waals surface area contributed by atoms with Crippen LogP contribution in [0.1, 0.15) is 31.2 Å². The fourth-order valence-electron chi connectivity index (χ4n) is 3.63. The summed E-state index contributed by atoms with van der Waals surface area (Å²) in [5.74, 6) is 0.880. The van der Waals surface area contributed by atoms with Gasteiger partial charge in [-0.05, 0) is 44.7 Å². The third-order valence-corrected chi connectivity index (χ3v) is 5.24. The van der Waals surface area contributed by atoms with Gasteiger partial charge in [-0.25, -0.2) is 0 Å². The molecule has 1 aromatic rings. The first-order chi connectivity index (χ1) is 13.2. The van der Waals surface area contributed by atoms with Gasteiger partial charge in [0.2, 0.25) is 0 Å². The number of halogens is 1. The summed E-state index contributed by atoms with van der Waals surface area (Å²) in [5, 5.41) is 6.94. The lowest BCUT2D eigenvalue weighted by atomic mass is 10.2. The van der Waals surface area contributed by atoms with Gasteiger partial charge in [0.25, 0.3) is 0 Å². The van der Waals surface area contributed by atoms with Gasteiger partial charge < -0.3 is 25.0 Å². The molecule has 2 unspecified atom stereocenters. The van der Waals surface area contributed by atoms with Gasteiger partial charge in [-0.1, -0.05) is 17.7 Å². The van der Waals surface area contributed by atoms with E-state index < -0.39 is 0 Å². The summed E-state index contributed by atoms with van der Waals surface area (Å²) in [7, 11) is 1.83. The topological polar surface area (TPSA) is 58.1 Å². The second-order valence-electron chi connectivity index (χ2n) is 7.47. The number of ether oxygens (including phenoxy) is 2. The van der Waals surface area contributed by atoms with E-state index >= 15 is 0 Å². The third-order valence-electron chi connectivity index (χ3n) is 5.24. The molecule has 2 aliphatic rings. The van der Waals surface area contributed by atoms with Crippen LogP contribution in [0.25, 0.3) is 0 Å². The Morgan fingerprint density at radius 2 is 2.11 bits per heavy atom. The summed E-state index contributed by atoms with van der Waals surface area (Å²) >= 11 is 0. The summed E-state index contributed by atoms with van der Waals surface area (Å²) in [6, 6.07) is 9.20. The van der Waals surface area contributed by atoms with E-state index in [-0.39, 0.29) is 24.0 Å². The van der Waals surface area contributed by atoms with Crippen molar-refractivity contribution < 1.29 is 9.47 Å². The van der Waals surface area contributed by atoms with Crippen molar-refractivity contribution in [3.8, 4) is 0 Å². The van der Waals surface area contributed by atoms with E-state index in [0.717, 1.165) is 64.7 Å². The van der Waals surface area contributed by atoms with E-state index in [1.807, 2.05) is 7.05 Å². The summed E-state index contributed by atoms with van der Waals surface area (Å²) in [6.45, 7) is 7.45. The lowest BCUT2D eigenvalue weighted by molar-refractivity contribution is 0.0168. The van der Waals surface area contributed by atoms with E-state index in [9.17, 15) is 0 Å². The Bertz CT molecular complexity index is 591. The Kier molecular flexibility index (Phi) is 10.4. The molecule has 28 heavy (non-hydrogen) atoms. The molecule has 2 fully saturated rings. The van der Waals surface area contributed by atoms with Crippen LogP contribution in [-0.4, -0.2) is 64.6 Å². The van der Waals surface area contributed by atoms with Crippen LogP contribution in [0, 0.1) is 6.92 Å². The van der Waals surface area contributed by atoms with Crippen molar-refractivity contribution >= 4 is 35.6 Å². The van der Waals surface area contributed by atoms with Crippen molar-refractivity contribution in [2.75, 3.05) is 51.4 Å². The van der Waals surface area contributed by atoms with Crippen LogP contribution in [-0.2, 0) is 9.47 Å². The molecule has 0 amide bonds. The zero-order chi connectivity index (χ0) is 18.9. The molecule has 2 saturated heterocycles. The minimum Gasteiger partial charge on any atom is -0.379 e. The number of aliphatic imine (C=N–C) groups is 1. The monoisotopic (exact) mass is 502 g/mol. The van der Waals surface area contributed by atoms with Crippen LogP contribution >= 0.6 is 24.0 Å². The quantitative estimate of drug-likeness (QED) is 0.248. The van der Waals surface area contributed by atoms with Gasteiger partial charge in [-0.3, -0.25) is 4.99 Å². The van der Waals surface area contributed by atoms with E-state index in [0.29, 0.717) is 12.1 Å². The van der Waals surface area contributed by atoms with Crippen molar-refractivity contribution in [3.63, 3.8) is 0 Å². The molecular formula is C21H35IN4O2. The highest BCUT2D eigenvalue weighted by Gasteiger charge is 2.23. The van der Waals surface area contributed by atoms with E-state index in [1.165, 1.54) is 17.7 Å². The molecule has 158 valence electrons. The maximum absolute atomic E-state index is 5.71. The fraction of sp³-hybridized carbons (Fsp3) is 0.667. The average molecular weight is 502 g/mol. The molecular weight excluding hydrogens is 467 g/mol. The molecule has 0 spiro atoms. The fourth-order valence-corrected chi connectivity index (χ4v) is 3.63. The highest BCUT2D eigenvalue weighted by Crippen LogP contribution is 2.20. The van der Waals surface area contributed by atoms with E-state index in [1.54, 1.807) is 0 Å². The highest BCUT2D eigenvalue weighted by molar-refractivity contribution is 14.0. The minimum absolute atomic E-state index is 0. The first kappa shape index (κ1) is 23.2. The molecule has 0 saturated carbocycles. The van der Waals surface area contributed by atoms with Crippen LogP contribution in [0.2, 0.25) is 0 Å². The van der Waals surface area contributed by atoms with Gasteiger partial charge in [0.15, 0.2) is 5.96 Å². The lowest BCUT2D eigenvalue weighted by Gasteiger charge is -2.20. The summed E-state index contributed by atoms with van der Waals surface area (Å²) in [5.41, 5.74) is 2.60. The predicted molar refractivity (Wildman–Crippen MR) is 126 cm³/mol. The number of guanidine groups is 1. The number of aryl methyl sites for hydroxylation is 1. The average Bonchev–Trinajstić information content (AvgIpc) is 3.36. The molecule has 6 nitrogen and oxygen atoms in total.